The molecule has 0 radical (unpaired) electrons. The molecule has 0 aromatic carbocycles. The summed E-state index contributed by atoms with van der Waals surface area (Å²) in [6, 6.07) is 0. The monoisotopic (exact) mass is 432 g/mol. The number of carbonyl (C=O) groups excluding carboxylic acids is 3. The van der Waals surface area contributed by atoms with E-state index < -0.39 is 5.60 Å². The van der Waals surface area contributed by atoms with E-state index in [0.29, 0.717) is 12.0 Å². The first-order chi connectivity index (χ1) is 14.4. The highest BCUT2D eigenvalue weighted by Crippen LogP contribution is 2.72. The fraction of sp³-hybridized carbons (Fsp3) is 0.792. The highest BCUT2D eigenvalue weighted by atomic mass is 16.6. The molecule has 0 aromatic rings. The summed E-state index contributed by atoms with van der Waals surface area (Å²) >= 11 is 0. The van der Waals surface area contributed by atoms with Crippen molar-refractivity contribution < 1.29 is 33.3 Å². The summed E-state index contributed by atoms with van der Waals surface area (Å²) in [7, 11) is 0. The predicted octanol–water partition coefficient (Wildman–Crippen LogP) is 3.10. The van der Waals surface area contributed by atoms with Gasteiger partial charge in [-0.3, -0.25) is 9.59 Å². The van der Waals surface area contributed by atoms with E-state index in [4.69, 9.17) is 18.9 Å². The van der Waals surface area contributed by atoms with Crippen LogP contribution in [0.4, 0.5) is 0 Å². The molecule has 31 heavy (non-hydrogen) atoms. The van der Waals surface area contributed by atoms with Gasteiger partial charge in [-0.15, -0.1) is 0 Å². The molecule has 0 amide bonds. The van der Waals surface area contributed by atoms with E-state index in [1.54, 1.807) is 0 Å². The number of hydrogen-bond acceptors (Lipinski definition) is 7. The van der Waals surface area contributed by atoms with Crippen molar-refractivity contribution in [2.24, 2.45) is 22.7 Å². The minimum absolute atomic E-state index is 0.00814. The number of esters is 3. The van der Waals surface area contributed by atoms with Crippen molar-refractivity contribution in [2.45, 2.75) is 97.2 Å². The van der Waals surface area contributed by atoms with Crippen LogP contribution in [0.3, 0.4) is 0 Å². The van der Waals surface area contributed by atoms with E-state index in [1.807, 2.05) is 6.92 Å². The van der Waals surface area contributed by atoms with Gasteiger partial charge in [-0.05, 0) is 31.6 Å². The summed E-state index contributed by atoms with van der Waals surface area (Å²) in [4.78, 5) is 36.2. The molecule has 8 unspecified atom stereocenters. The molecule has 1 spiro atoms. The molecular formula is C24H32O7. The van der Waals surface area contributed by atoms with E-state index in [9.17, 15) is 14.4 Å². The van der Waals surface area contributed by atoms with Crippen LogP contribution < -0.4 is 0 Å². The normalized spacial score (nSPS) is 46.7. The maximum atomic E-state index is 12.3. The summed E-state index contributed by atoms with van der Waals surface area (Å²) in [6.45, 7) is 11.2. The number of fused-ring (bicyclic) bond motifs is 4. The summed E-state index contributed by atoms with van der Waals surface area (Å²) < 4.78 is 23.8. The summed E-state index contributed by atoms with van der Waals surface area (Å²) in [6.07, 6.45) is 1.94. The molecule has 0 bridgehead atoms. The zero-order chi connectivity index (χ0) is 22.5. The number of hydrogen-bond donors (Lipinski definition) is 0. The average Bonchev–Trinajstić information content (AvgIpc) is 3.27. The SMILES string of the molecule is CC(=O)OC1CC23OC2C2=C(C)C(=O)OC2CC3C2(C)CCC(OC(C)=O)C(C)(C)C12. The standard InChI is InChI=1S/C24H32O7/c1-11-18-14(30-21(11)27)9-16-23(6)8-7-17(29-13(3)26)22(4,5)19(23)15(28-12(2)25)10-24(16)20(18)31-24/h14-17,19-20H,7-10H2,1-6H3. The first-order valence-corrected chi connectivity index (χ1v) is 11.4. The minimum Gasteiger partial charge on any atom is -0.462 e. The van der Waals surface area contributed by atoms with Gasteiger partial charge in [-0.2, -0.15) is 0 Å². The van der Waals surface area contributed by atoms with E-state index in [2.05, 4.69) is 20.8 Å². The Kier molecular flexibility index (Phi) is 4.29. The quantitative estimate of drug-likeness (QED) is 0.376. The number of carbonyl (C=O) groups is 3. The van der Waals surface area contributed by atoms with E-state index in [0.717, 1.165) is 24.8 Å². The van der Waals surface area contributed by atoms with Crippen molar-refractivity contribution >= 4 is 17.9 Å². The molecular weight excluding hydrogens is 400 g/mol. The van der Waals surface area contributed by atoms with Gasteiger partial charge in [0.15, 0.2) is 0 Å². The van der Waals surface area contributed by atoms with Gasteiger partial charge in [0, 0.05) is 48.7 Å². The Morgan fingerprint density at radius 1 is 1.10 bits per heavy atom. The van der Waals surface area contributed by atoms with Crippen LogP contribution in [0.1, 0.15) is 67.2 Å². The molecule has 4 fully saturated rings. The molecule has 5 aliphatic rings. The third kappa shape index (κ3) is 2.71. The van der Waals surface area contributed by atoms with Gasteiger partial charge >= 0.3 is 17.9 Å². The Labute approximate surface area is 182 Å². The second-order valence-electron chi connectivity index (χ2n) is 11.0. The fourth-order valence-corrected chi connectivity index (χ4v) is 7.98. The Morgan fingerprint density at radius 2 is 1.77 bits per heavy atom. The van der Waals surface area contributed by atoms with Gasteiger partial charge < -0.3 is 18.9 Å². The van der Waals surface area contributed by atoms with Gasteiger partial charge in [0.1, 0.15) is 30.0 Å². The Bertz CT molecular complexity index is 904. The minimum atomic E-state index is -0.420. The largest absolute Gasteiger partial charge is 0.462 e. The molecule has 1 saturated heterocycles. The highest BCUT2D eigenvalue weighted by Gasteiger charge is 2.78. The third-order valence-electron chi connectivity index (χ3n) is 8.98. The van der Waals surface area contributed by atoms with Crippen molar-refractivity contribution in [1.29, 1.82) is 0 Å². The van der Waals surface area contributed by atoms with Gasteiger partial charge in [0.25, 0.3) is 0 Å². The first-order valence-electron chi connectivity index (χ1n) is 11.4. The number of rotatable bonds is 2. The second-order valence-corrected chi connectivity index (χ2v) is 11.0. The Balaban J connectivity index is 1.57. The van der Waals surface area contributed by atoms with Gasteiger partial charge in [0.2, 0.25) is 0 Å². The van der Waals surface area contributed by atoms with Crippen LogP contribution in [0.25, 0.3) is 0 Å². The van der Waals surface area contributed by atoms with Crippen LogP contribution >= 0.6 is 0 Å². The Morgan fingerprint density at radius 3 is 2.42 bits per heavy atom. The molecule has 5 rings (SSSR count). The lowest BCUT2D eigenvalue weighted by Crippen LogP contribution is -2.66. The zero-order valence-electron chi connectivity index (χ0n) is 19.2. The molecule has 3 saturated carbocycles. The highest BCUT2D eigenvalue weighted by molar-refractivity contribution is 5.92. The summed E-state index contributed by atoms with van der Waals surface area (Å²) in [5.41, 5.74) is 0.639. The molecule has 0 aromatic heterocycles. The van der Waals surface area contributed by atoms with E-state index >= 15 is 0 Å². The predicted molar refractivity (Wildman–Crippen MR) is 109 cm³/mol. The lowest BCUT2D eigenvalue weighted by molar-refractivity contribution is -0.223. The number of epoxide rings is 1. The molecule has 170 valence electrons. The van der Waals surface area contributed by atoms with Crippen LogP contribution in [-0.4, -0.2) is 47.9 Å². The van der Waals surface area contributed by atoms with Crippen LogP contribution in [0.5, 0.6) is 0 Å². The van der Waals surface area contributed by atoms with E-state index in [1.165, 1.54) is 13.8 Å². The lowest BCUT2D eigenvalue weighted by Gasteiger charge is -2.63. The lowest BCUT2D eigenvalue weighted by atomic mass is 9.42. The molecule has 8 atom stereocenters. The van der Waals surface area contributed by atoms with E-state index in [-0.39, 0.29) is 65.0 Å². The molecule has 3 aliphatic carbocycles. The van der Waals surface area contributed by atoms with Crippen molar-refractivity contribution in [3.63, 3.8) is 0 Å². The van der Waals surface area contributed by atoms with Crippen molar-refractivity contribution in [1.82, 2.24) is 0 Å². The maximum absolute atomic E-state index is 12.3. The van der Waals surface area contributed by atoms with Crippen molar-refractivity contribution in [3.05, 3.63) is 11.1 Å². The van der Waals surface area contributed by atoms with Gasteiger partial charge in [0.05, 0.1) is 0 Å². The van der Waals surface area contributed by atoms with Crippen LogP contribution in [0, 0.1) is 22.7 Å². The summed E-state index contributed by atoms with van der Waals surface area (Å²) in [5, 5.41) is 0. The molecule has 7 nitrogen and oxygen atoms in total. The van der Waals surface area contributed by atoms with Crippen molar-refractivity contribution in [3.8, 4) is 0 Å². The zero-order valence-corrected chi connectivity index (χ0v) is 19.2. The maximum Gasteiger partial charge on any atom is 0.334 e. The summed E-state index contributed by atoms with van der Waals surface area (Å²) in [5.74, 6) is -0.683. The van der Waals surface area contributed by atoms with Crippen LogP contribution in [-0.2, 0) is 33.3 Å². The average molecular weight is 433 g/mol. The van der Waals surface area contributed by atoms with Crippen LogP contribution in [0.15, 0.2) is 11.1 Å². The fourth-order valence-electron chi connectivity index (χ4n) is 7.98. The second kappa shape index (κ2) is 6.33. The smallest absolute Gasteiger partial charge is 0.334 e. The van der Waals surface area contributed by atoms with Gasteiger partial charge in [-0.1, -0.05) is 20.8 Å². The molecule has 2 heterocycles. The Hall–Kier alpha value is -1.89. The van der Waals surface area contributed by atoms with Crippen molar-refractivity contribution in [2.75, 3.05) is 0 Å². The van der Waals surface area contributed by atoms with Gasteiger partial charge in [-0.25, -0.2) is 4.79 Å². The third-order valence-corrected chi connectivity index (χ3v) is 8.98. The molecule has 2 aliphatic heterocycles. The molecule has 7 heteroatoms. The molecule has 0 N–H and O–H groups in total. The topological polar surface area (TPSA) is 91.4 Å². The first kappa shape index (κ1) is 21.0. The van der Waals surface area contributed by atoms with Crippen LogP contribution in [0.2, 0.25) is 0 Å². The number of ether oxygens (including phenoxy) is 4.